The lowest BCUT2D eigenvalue weighted by Gasteiger charge is -2.04. The summed E-state index contributed by atoms with van der Waals surface area (Å²) in [6.07, 6.45) is 5.32. The third kappa shape index (κ3) is 3.13. The van der Waals surface area contributed by atoms with E-state index in [2.05, 4.69) is 20.3 Å². The van der Waals surface area contributed by atoms with Crippen LogP contribution in [0.2, 0.25) is 0 Å². The zero-order valence-electron chi connectivity index (χ0n) is 14.2. The van der Waals surface area contributed by atoms with Crippen molar-refractivity contribution >= 4 is 49.9 Å². The summed E-state index contributed by atoms with van der Waals surface area (Å²) in [5, 5.41) is 20.6. The number of halogens is 1. The maximum Gasteiger partial charge on any atom is 0.291 e. The van der Waals surface area contributed by atoms with Crippen LogP contribution in [-0.4, -0.2) is 35.2 Å². The van der Waals surface area contributed by atoms with Crippen LogP contribution < -0.4 is 11.3 Å². The van der Waals surface area contributed by atoms with Crippen LogP contribution in [0, 0.1) is 5.41 Å². The Labute approximate surface area is 161 Å². The molecule has 9 nitrogen and oxygen atoms in total. The first-order valence-corrected chi connectivity index (χ1v) is 9.16. The molecule has 0 aliphatic rings. The van der Waals surface area contributed by atoms with E-state index in [4.69, 9.17) is 22.7 Å². The SMILES string of the molecule is Cn1c2nc(Cc3cc[nH]n3)sc2c2cnn(CC(=N)/C=C(\N)Cl)c(=O)c21. The summed E-state index contributed by atoms with van der Waals surface area (Å²) in [6.45, 7) is -0.0150. The molecule has 0 saturated heterocycles. The molecule has 4 N–H and O–H groups in total. The van der Waals surface area contributed by atoms with Gasteiger partial charge in [0, 0.05) is 25.1 Å². The molecule has 4 aromatic rings. The predicted octanol–water partition coefficient (Wildman–Crippen LogP) is 1.72. The lowest BCUT2D eigenvalue weighted by atomic mass is 10.3. The second-order valence-corrected chi connectivity index (χ2v) is 7.51. The van der Waals surface area contributed by atoms with Gasteiger partial charge in [-0.2, -0.15) is 10.2 Å². The average molecular weight is 403 g/mol. The first kappa shape index (κ1) is 17.4. The average Bonchev–Trinajstić information content (AvgIpc) is 3.29. The highest BCUT2D eigenvalue weighted by molar-refractivity contribution is 7.19. The van der Waals surface area contributed by atoms with Gasteiger partial charge in [0.05, 0.1) is 28.8 Å². The zero-order chi connectivity index (χ0) is 19.1. The monoisotopic (exact) mass is 402 g/mol. The van der Waals surface area contributed by atoms with Gasteiger partial charge in [-0.1, -0.05) is 11.6 Å². The fraction of sp³-hybridized carbons (Fsp3) is 0.188. The van der Waals surface area contributed by atoms with Crippen molar-refractivity contribution in [2.45, 2.75) is 13.0 Å². The van der Waals surface area contributed by atoms with Crippen molar-refractivity contribution in [3.05, 3.63) is 50.7 Å². The second-order valence-electron chi connectivity index (χ2n) is 5.99. The molecule has 0 saturated carbocycles. The van der Waals surface area contributed by atoms with Gasteiger partial charge in [-0.15, -0.1) is 11.3 Å². The van der Waals surface area contributed by atoms with Gasteiger partial charge in [0.15, 0.2) is 5.65 Å². The highest BCUT2D eigenvalue weighted by Gasteiger charge is 2.18. The lowest BCUT2D eigenvalue weighted by Crippen LogP contribution is -2.27. The third-order valence-corrected chi connectivity index (χ3v) is 5.28. The Bertz CT molecular complexity index is 1240. The maximum atomic E-state index is 12.8. The van der Waals surface area contributed by atoms with Gasteiger partial charge >= 0.3 is 0 Å². The second kappa shape index (κ2) is 6.63. The van der Waals surface area contributed by atoms with Crippen molar-refractivity contribution in [2.24, 2.45) is 12.8 Å². The molecule has 0 amide bonds. The van der Waals surface area contributed by atoms with Crippen LogP contribution >= 0.6 is 22.9 Å². The van der Waals surface area contributed by atoms with E-state index < -0.39 is 0 Å². The predicted molar refractivity (Wildman–Crippen MR) is 105 cm³/mol. The molecule has 0 aliphatic carbocycles. The molecule has 0 aliphatic heterocycles. The third-order valence-electron chi connectivity index (χ3n) is 4.09. The molecule has 0 bridgehead atoms. The molecule has 0 aromatic carbocycles. The Kier molecular flexibility index (Phi) is 4.28. The Hall–Kier alpha value is -2.98. The summed E-state index contributed by atoms with van der Waals surface area (Å²) < 4.78 is 3.90. The molecule has 0 unspecified atom stereocenters. The molecule has 11 heteroatoms. The van der Waals surface area contributed by atoms with E-state index in [0.29, 0.717) is 11.9 Å². The van der Waals surface area contributed by atoms with Crippen molar-refractivity contribution in [2.75, 3.05) is 0 Å². The number of thiazole rings is 1. The number of allylic oxidation sites excluding steroid dienone is 1. The summed E-state index contributed by atoms with van der Waals surface area (Å²) in [6, 6.07) is 1.90. The quantitative estimate of drug-likeness (QED) is 0.345. The van der Waals surface area contributed by atoms with Gasteiger partial charge in [-0.3, -0.25) is 9.89 Å². The first-order valence-electron chi connectivity index (χ1n) is 7.96. The van der Waals surface area contributed by atoms with Crippen molar-refractivity contribution in [1.82, 2.24) is 29.5 Å². The Morgan fingerprint density at radius 2 is 2.33 bits per heavy atom. The van der Waals surface area contributed by atoms with Crippen LogP contribution in [0.4, 0.5) is 0 Å². The fourth-order valence-corrected chi connectivity index (χ4v) is 4.19. The number of nitrogens with zero attached hydrogens (tertiary/aromatic N) is 5. The van der Waals surface area contributed by atoms with E-state index in [9.17, 15) is 4.79 Å². The summed E-state index contributed by atoms with van der Waals surface area (Å²) in [4.78, 5) is 17.5. The van der Waals surface area contributed by atoms with E-state index in [0.717, 1.165) is 26.4 Å². The standard InChI is InChI=1S/C16H15ClN8OS/c1-24-13-10(6-21-25(16(13)26)7-8(18)4-11(17)19)14-15(24)22-12(27-14)5-9-2-3-20-23-9/h2-4,6,18H,5,7,19H2,1H3,(H,20,23)/b11-4-,18-8?. The maximum absolute atomic E-state index is 12.8. The Morgan fingerprint density at radius 3 is 3.04 bits per heavy atom. The van der Waals surface area contributed by atoms with Crippen LogP contribution in [0.1, 0.15) is 10.7 Å². The van der Waals surface area contributed by atoms with Gasteiger partial charge in [0.25, 0.3) is 5.56 Å². The molecule has 4 rings (SSSR count). The molecule has 4 aromatic heterocycles. The fourth-order valence-electron chi connectivity index (χ4n) is 2.94. The summed E-state index contributed by atoms with van der Waals surface area (Å²) in [5.74, 6) is 0. The number of hydrogen-bond donors (Lipinski definition) is 3. The van der Waals surface area contributed by atoms with Crippen LogP contribution in [0.5, 0.6) is 0 Å². The molecule has 0 radical (unpaired) electrons. The number of aryl methyl sites for hydroxylation is 1. The lowest BCUT2D eigenvalue weighted by molar-refractivity contribution is 0.675. The minimum absolute atomic E-state index is 0.0119. The van der Waals surface area contributed by atoms with E-state index in [-0.39, 0.29) is 23.0 Å². The Balaban J connectivity index is 1.77. The number of H-pyrrole nitrogens is 1. The van der Waals surface area contributed by atoms with Crippen molar-refractivity contribution in [1.29, 1.82) is 5.41 Å². The van der Waals surface area contributed by atoms with Crippen molar-refractivity contribution < 1.29 is 0 Å². The molecule has 0 atom stereocenters. The molecular formula is C16H15ClN8OS. The minimum atomic E-state index is -0.291. The zero-order valence-corrected chi connectivity index (χ0v) is 15.8. The molecule has 27 heavy (non-hydrogen) atoms. The van der Waals surface area contributed by atoms with Crippen molar-refractivity contribution in [3.8, 4) is 0 Å². The topological polar surface area (TPSA) is 131 Å². The summed E-state index contributed by atoms with van der Waals surface area (Å²) >= 11 is 7.10. The normalized spacial score (nSPS) is 12.3. The number of rotatable bonds is 5. The number of fused-ring (bicyclic) bond motifs is 3. The van der Waals surface area contributed by atoms with Gasteiger partial charge in [-0.05, 0) is 12.1 Å². The van der Waals surface area contributed by atoms with E-state index in [1.807, 2.05) is 6.07 Å². The molecule has 0 spiro atoms. The van der Waals surface area contributed by atoms with Gasteiger partial charge < -0.3 is 15.7 Å². The number of nitrogens with one attached hydrogen (secondary N) is 2. The smallest absolute Gasteiger partial charge is 0.291 e. The molecule has 138 valence electrons. The minimum Gasteiger partial charge on any atom is -0.389 e. The van der Waals surface area contributed by atoms with Crippen LogP contribution in [0.15, 0.2) is 34.5 Å². The van der Waals surface area contributed by atoms with Gasteiger partial charge in [-0.25, -0.2) is 9.67 Å². The largest absolute Gasteiger partial charge is 0.389 e. The first-order chi connectivity index (χ1) is 12.9. The Morgan fingerprint density at radius 1 is 1.52 bits per heavy atom. The van der Waals surface area contributed by atoms with Gasteiger partial charge in [0.1, 0.15) is 15.7 Å². The van der Waals surface area contributed by atoms with Crippen LogP contribution in [0.3, 0.4) is 0 Å². The molecule has 4 heterocycles. The number of aromatic amines is 1. The van der Waals surface area contributed by atoms with Crippen LogP contribution in [-0.2, 0) is 20.0 Å². The highest BCUT2D eigenvalue weighted by Crippen LogP contribution is 2.31. The molecular weight excluding hydrogens is 388 g/mol. The highest BCUT2D eigenvalue weighted by atomic mass is 35.5. The van der Waals surface area contributed by atoms with Gasteiger partial charge in [0.2, 0.25) is 0 Å². The van der Waals surface area contributed by atoms with E-state index in [1.165, 1.54) is 22.1 Å². The van der Waals surface area contributed by atoms with Crippen molar-refractivity contribution in [3.63, 3.8) is 0 Å². The summed E-state index contributed by atoms with van der Waals surface area (Å²) in [5.41, 5.74) is 7.30. The van der Waals surface area contributed by atoms with Crippen LogP contribution in [0.25, 0.3) is 21.3 Å². The van der Waals surface area contributed by atoms with E-state index >= 15 is 0 Å². The molecule has 0 fully saturated rings. The summed E-state index contributed by atoms with van der Waals surface area (Å²) in [7, 11) is 1.80. The van der Waals surface area contributed by atoms with E-state index in [1.54, 1.807) is 24.0 Å². The number of hydrogen-bond acceptors (Lipinski definition) is 7. The number of nitrogens with two attached hydrogens (primary N) is 1. The number of aromatic nitrogens is 6.